The molecule has 348 valence electrons. The first-order chi connectivity index (χ1) is 31.3. The van der Waals surface area contributed by atoms with Crippen LogP contribution in [-0.4, -0.2) is 91.7 Å². The first-order valence-electron chi connectivity index (χ1n) is 23.3. The lowest BCUT2D eigenvalue weighted by Gasteiger charge is -2.42. The van der Waals surface area contributed by atoms with E-state index in [1.807, 2.05) is 9.80 Å². The van der Waals surface area contributed by atoms with Gasteiger partial charge in [0.2, 0.25) is 5.91 Å². The third kappa shape index (κ3) is 7.40. The predicted octanol–water partition coefficient (Wildman–Crippen LogP) is 9.37. The maximum absolute atomic E-state index is 17.3. The summed E-state index contributed by atoms with van der Waals surface area (Å²) in [5.74, 6) is -3.88. The first-order valence-corrected chi connectivity index (χ1v) is 23.3. The fraction of sp³-hybridized carbons (Fsp3) is 0.510. The number of anilines is 1. The molecule has 5 atom stereocenters. The van der Waals surface area contributed by atoms with Gasteiger partial charge in [0.25, 0.3) is 0 Å². The molecule has 5 aromatic rings. The molecule has 5 aliphatic rings. The zero-order chi connectivity index (χ0) is 46.6. The number of rotatable bonds is 10. The van der Waals surface area contributed by atoms with Crippen LogP contribution in [0.2, 0.25) is 0 Å². The Balaban J connectivity index is 0.991. The molecule has 0 aliphatic carbocycles. The number of nitrogens with zero attached hydrogens (tertiary/aromatic N) is 6. The van der Waals surface area contributed by atoms with E-state index in [1.165, 1.54) is 41.1 Å². The van der Waals surface area contributed by atoms with E-state index in [2.05, 4.69) is 55.8 Å². The van der Waals surface area contributed by atoms with Crippen LogP contribution < -0.4 is 9.64 Å². The number of hydrogen-bond acceptors (Lipinski definition) is 11. The van der Waals surface area contributed by atoms with E-state index in [4.69, 9.17) is 24.2 Å². The molecule has 12 nitrogen and oxygen atoms in total. The number of phenolic OH excluding ortho intramolecular Hbond substituents is 1. The minimum absolute atomic E-state index is 0.0403. The van der Waals surface area contributed by atoms with E-state index < -0.39 is 29.2 Å². The van der Waals surface area contributed by atoms with Crippen LogP contribution in [0, 0.1) is 23.4 Å². The molecule has 5 unspecified atom stereocenters. The summed E-state index contributed by atoms with van der Waals surface area (Å²) < 4.78 is 66.2. The Labute approximate surface area is 382 Å². The monoisotopic (exact) mass is 906 g/mol. The predicted molar refractivity (Wildman–Crippen MR) is 242 cm³/mol. The van der Waals surface area contributed by atoms with Crippen molar-refractivity contribution in [3.8, 4) is 23.0 Å². The average Bonchev–Trinajstić information content (AvgIpc) is 3.96. The maximum atomic E-state index is 17.3. The Hall–Kier alpha value is -5.54. The maximum Gasteiger partial charge on any atom is 0.319 e. The first kappa shape index (κ1) is 44.3. The Kier molecular flexibility index (Phi) is 10.8. The van der Waals surface area contributed by atoms with Gasteiger partial charge in [0.05, 0.1) is 34.5 Å². The molecule has 66 heavy (non-hydrogen) atoms. The number of esters is 1. The lowest BCUT2D eigenvalue weighted by molar-refractivity contribution is -0.154. The van der Waals surface area contributed by atoms with Gasteiger partial charge >= 0.3 is 12.0 Å². The number of amides is 1. The quantitative estimate of drug-likeness (QED) is 0.135. The fourth-order valence-corrected chi connectivity index (χ4v) is 11.9. The third-order valence-corrected chi connectivity index (χ3v) is 14.8. The topological polar surface area (TPSA) is 130 Å². The number of carbonyl (C=O) groups excluding carboxylic acids is 2. The van der Waals surface area contributed by atoms with Gasteiger partial charge in [-0.25, -0.2) is 13.2 Å². The van der Waals surface area contributed by atoms with Crippen LogP contribution in [0.15, 0.2) is 48.7 Å². The number of fused-ring (bicyclic) bond motifs is 6. The summed E-state index contributed by atoms with van der Waals surface area (Å²) in [6.45, 7) is 15.6. The molecular weight excluding hydrogens is 850 g/mol. The van der Waals surface area contributed by atoms with Crippen molar-refractivity contribution in [3.63, 3.8) is 0 Å². The van der Waals surface area contributed by atoms with Crippen molar-refractivity contribution in [2.24, 2.45) is 5.92 Å². The molecule has 3 aromatic carbocycles. The molecule has 2 bridgehead atoms. The highest BCUT2D eigenvalue weighted by molar-refractivity contribution is 6.00. The normalized spacial score (nSPS) is 24.6. The highest BCUT2D eigenvalue weighted by Gasteiger charge is 2.51. The number of benzene rings is 3. The molecule has 1 amide bonds. The summed E-state index contributed by atoms with van der Waals surface area (Å²) in [5, 5.41) is 10.9. The van der Waals surface area contributed by atoms with Gasteiger partial charge in [-0.05, 0) is 120 Å². The standard InChI is InChI=1S/C51H57F3N6O6/c1-27(2)47(63)65-28(3)19-40(62)60-31-11-12-32(60)25-58(24-31)46-35-23-55-44(34-22-33(61)20-30-10-14-38(52)42(53)41(30)34)43(54)45(35)56-48(57-46)64-26-51-16-8-18-59(51)39(15-17-51)29-9-13-36-37(21-29)50(6,7)66-49(36,4)5/h9-10,13-14,20-23,27-28,31-32,39,61H,8,11-12,15-19,24-26H2,1-7H3. The van der Waals surface area contributed by atoms with E-state index in [9.17, 15) is 19.1 Å². The van der Waals surface area contributed by atoms with Gasteiger partial charge < -0.3 is 29.1 Å². The van der Waals surface area contributed by atoms with Crippen molar-refractivity contribution in [3.05, 3.63) is 82.8 Å². The van der Waals surface area contributed by atoms with Crippen LogP contribution in [0.25, 0.3) is 32.9 Å². The fourth-order valence-electron chi connectivity index (χ4n) is 11.9. The molecule has 0 spiro atoms. The summed E-state index contributed by atoms with van der Waals surface area (Å²) in [7, 11) is 0. The van der Waals surface area contributed by atoms with Crippen molar-refractivity contribution in [2.75, 3.05) is 31.1 Å². The van der Waals surface area contributed by atoms with Crippen LogP contribution in [0.3, 0.4) is 0 Å². The van der Waals surface area contributed by atoms with Crippen molar-refractivity contribution in [1.29, 1.82) is 0 Å². The summed E-state index contributed by atoms with van der Waals surface area (Å²) in [4.78, 5) is 46.7. The smallest absolute Gasteiger partial charge is 0.319 e. The van der Waals surface area contributed by atoms with Crippen LogP contribution in [-0.2, 0) is 30.3 Å². The van der Waals surface area contributed by atoms with Gasteiger partial charge in [0.1, 0.15) is 35.5 Å². The number of hydrogen-bond donors (Lipinski definition) is 1. The lowest BCUT2D eigenvalue weighted by Crippen LogP contribution is -2.56. The second-order valence-electron chi connectivity index (χ2n) is 20.5. The second-order valence-corrected chi connectivity index (χ2v) is 20.5. The minimum atomic E-state index is -1.19. The van der Waals surface area contributed by atoms with Crippen molar-refractivity contribution < 1.29 is 42.1 Å². The largest absolute Gasteiger partial charge is 0.508 e. The summed E-state index contributed by atoms with van der Waals surface area (Å²) in [6.07, 6.45) is 6.09. The van der Waals surface area contributed by atoms with Crippen LogP contribution in [0.1, 0.15) is 116 Å². The number of halogens is 3. The number of aromatic nitrogens is 3. The van der Waals surface area contributed by atoms with E-state index in [0.29, 0.717) is 18.9 Å². The van der Waals surface area contributed by atoms with Gasteiger partial charge in [0, 0.05) is 48.4 Å². The highest BCUT2D eigenvalue weighted by atomic mass is 19.2. The van der Waals surface area contributed by atoms with Crippen molar-refractivity contribution in [1.82, 2.24) is 24.8 Å². The molecule has 10 rings (SSSR count). The zero-order valence-corrected chi connectivity index (χ0v) is 38.6. The number of pyridine rings is 1. The van der Waals surface area contributed by atoms with Gasteiger partial charge in [0.15, 0.2) is 17.5 Å². The van der Waals surface area contributed by atoms with Gasteiger partial charge in [-0.3, -0.25) is 19.5 Å². The zero-order valence-electron chi connectivity index (χ0n) is 38.6. The molecule has 1 N–H and O–H groups in total. The minimum Gasteiger partial charge on any atom is -0.508 e. The molecule has 7 heterocycles. The Morgan fingerprint density at radius 2 is 1.65 bits per heavy atom. The van der Waals surface area contributed by atoms with Crippen molar-refractivity contribution >= 4 is 39.4 Å². The Morgan fingerprint density at radius 1 is 0.909 bits per heavy atom. The molecule has 2 aromatic heterocycles. The van der Waals surface area contributed by atoms with Crippen molar-refractivity contribution in [2.45, 2.75) is 134 Å². The van der Waals surface area contributed by atoms with Gasteiger partial charge in [-0.2, -0.15) is 9.97 Å². The Morgan fingerprint density at radius 3 is 2.39 bits per heavy atom. The van der Waals surface area contributed by atoms with E-state index >= 15 is 8.78 Å². The molecule has 5 aliphatic heterocycles. The van der Waals surface area contributed by atoms with E-state index in [0.717, 1.165) is 51.1 Å². The lowest BCUT2D eigenvalue weighted by atomic mass is 9.87. The molecule has 15 heteroatoms. The van der Waals surface area contributed by atoms with E-state index in [1.54, 1.807) is 20.8 Å². The van der Waals surface area contributed by atoms with Crippen LogP contribution in [0.4, 0.5) is 19.0 Å². The highest BCUT2D eigenvalue weighted by Crippen LogP contribution is 2.52. The van der Waals surface area contributed by atoms with Crippen LogP contribution in [0.5, 0.6) is 11.8 Å². The number of aromatic hydroxyl groups is 1. The van der Waals surface area contributed by atoms with Crippen LogP contribution >= 0.6 is 0 Å². The average molecular weight is 907 g/mol. The Bertz CT molecular complexity index is 2790. The summed E-state index contributed by atoms with van der Waals surface area (Å²) >= 11 is 0. The number of ether oxygens (including phenoxy) is 3. The molecule has 4 saturated heterocycles. The third-order valence-electron chi connectivity index (χ3n) is 14.8. The second kappa shape index (κ2) is 16.1. The summed E-state index contributed by atoms with van der Waals surface area (Å²) in [6, 6.07) is 11.2. The SMILES string of the molecule is CC(CC(=O)N1C2CCC1CN(c1nc(OCC34CCCN3C(c3ccc5c(c3)C(C)(C)OC5(C)C)CC4)nc3c(F)c(-c4cc(O)cc5ccc(F)c(F)c45)ncc13)C2)OC(=O)C(C)C. The summed E-state index contributed by atoms with van der Waals surface area (Å²) in [5.41, 5.74) is 1.95. The molecule has 0 radical (unpaired) electrons. The van der Waals surface area contributed by atoms with E-state index in [-0.39, 0.29) is 105 Å². The number of carbonyl (C=O) groups is 2. The number of piperazine rings is 1. The molecule has 4 fully saturated rings. The van der Waals surface area contributed by atoms with Gasteiger partial charge in [-0.1, -0.05) is 38.1 Å². The van der Waals surface area contributed by atoms with Gasteiger partial charge in [-0.15, -0.1) is 0 Å². The molecule has 0 saturated carbocycles. The molecular formula is C51H57F3N6O6. The number of phenols is 1.